The smallest absolute Gasteiger partial charge is 0.348 e. The number of aryl methyl sites for hydroxylation is 1. The minimum absolute atomic E-state index is 0.156. The Kier molecular flexibility index (Phi) is 7.71. The zero-order chi connectivity index (χ0) is 14.8. The third kappa shape index (κ3) is 6.89. The first-order valence-electron chi connectivity index (χ1n) is 5.92. The van der Waals surface area contributed by atoms with Crippen LogP contribution < -0.4 is 4.90 Å². The highest BCUT2D eigenvalue weighted by Gasteiger charge is 2.03. The number of hydrogen-bond donors (Lipinski definition) is 0. The van der Waals surface area contributed by atoms with Crippen LogP contribution in [0.15, 0.2) is 36.4 Å². The minimum atomic E-state index is -0.639. The van der Waals surface area contributed by atoms with Crippen LogP contribution in [-0.4, -0.2) is 26.7 Å². The fourth-order valence-corrected chi connectivity index (χ4v) is 1.11. The summed E-state index contributed by atoms with van der Waals surface area (Å²) in [5, 5.41) is 8.08. The number of carbonyl (C=O) groups is 1. The Morgan fingerprint density at radius 1 is 1.37 bits per heavy atom. The highest BCUT2D eigenvalue weighted by Crippen LogP contribution is 2.10. The van der Waals surface area contributed by atoms with Crippen LogP contribution in [0, 0.1) is 18.3 Å². The van der Waals surface area contributed by atoms with Gasteiger partial charge in [0, 0.05) is 19.8 Å². The number of anilines is 1. The molecule has 0 aliphatic carbocycles. The fraction of sp³-hybridized carbons (Fsp3) is 0.333. The van der Waals surface area contributed by atoms with Crippen LogP contribution in [-0.2, 0) is 9.53 Å². The highest BCUT2D eigenvalue weighted by molar-refractivity contribution is 5.91. The maximum atomic E-state index is 10.4. The minimum Gasteiger partial charge on any atom is -0.462 e. The molecule has 0 amide bonds. The summed E-state index contributed by atoms with van der Waals surface area (Å²) in [4.78, 5) is 12.5. The second kappa shape index (κ2) is 8.76. The zero-order valence-corrected chi connectivity index (χ0v) is 11.9. The number of esters is 1. The van der Waals surface area contributed by atoms with Crippen molar-refractivity contribution in [3.63, 3.8) is 0 Å². The number of carbonyl (C=O) groups excluding carboxylic acids is 1. The molecule has 0 aliphatic rings. The van der Waals surface area contributed by atoms with Gasteiger partial charge in [0.1, 0.15) is 11.6 Å². The van der Waals surface area contributed by atoms with Gasteiger partial charge in [0.05, 0.1) is 6.61 Å². The van der Waals surface area contributed by atoms with Crippen LogP contribution in [0.25, 0.3) is 0 Å². The zero-order valence-electron chi connectivity index (χ0n) is 11.9. The van der Waals surface area contributed by atoms with Gasteiger partial charge in [-0.2, -0.15) is 5.26 Å². The largest absolute Gasteiger partial charge is 0.462 e. The molecule has 0 bridgehead atoms. The van der Waals surface area contributed by atoms with Crippen LogP contribution in [0.5, 0.6) is 0 Å². The van der Waals surface area contributed by atoms with E-state index in [-0.39, 0.29) is 12.2 Å². The summed E-state index contributed by atoms with van der Waals surface area (Å²) in [6, 6.07) is 10.1. The van der Waals surface area contributed by atoms with Crippen LogP contribution >= 0.6 is 0 Å². The Labute approximate surface area is 114 Å². The molecule has 0 saturated heterocycles. The number of hydrogen-bond acceptors (Lipinski definition) is 4. The molecule has 102 valence electrons. The van der Waals surface area contributed by atoms with Crippen molar-refractivity contribution < 1.29 is 9.53 Å². The van der Waals surface area contributed by atoms with Crippen molar-refractivity contribution >= 4 is 11.7 Å². The molecule has 0 atom stereocenters. The Bertz CT molecular complexity index is 456. The van der Waals surface area contributed by atoms with Gasteiger partial charge in [0.2, 0.25) is 0 Å². The molecule has 0 aromatic heterocycles. The van der Waals surface area contributed by atoms with Crippen LogP contribution in [0.2, 0.25) is 0 Å². The first-order chi connectivity index (χ1) is 8.92. The Morgan fingerprint density at radius 2 is 1.89 bits per heavy atom. The van der Waals surface area contributed by atoms with E-state index >= 15 is 0 Å². The summed E-state index contributed by atoms with van der Waals surface area (Å²) >= 11 is 0. The van der Waals surface area contributed by atoms with E-state index in [0.717, 1.165) is 0 Å². The molecule has 4 nitrogen and oxygen atoms in total. The van der Waals surface area contributed by atoms with E-state index in [9.17, 15) is 4.79 Å². The maximum Gasteiger partial charge on any atom is 0.348 e. The summed E-state index contributed by atoms with van der Waals surface area (Å²) in [7, 11) is 4.09. The van der Waals surface area contributed by atoms with Crippen molar-refractivity contribution in [2.24, 2.45) is 0 Å². The second-order valence-electron chi connectivity index (χ2n) is 4.04. The molecule has 0 radical (unpaired) electrons. The van der Waals surface area contributed by atoms with Crippen LogP contribution in [0.1, 0.15) is 12.5 Å². The van der Waals surface area contributed by atoms with Crippen molar-refractivity contribution in [1.29, 1.82) is 5.26 Å². The lowest BCUT2D eigenvalue weighted by Gasteiger charge is -2.11. The normalized spacial score (nSPS) is 8.58. The van der Waals surface area contributed by atoms with Gasteiger partial charge in [-0.05, 0) is 26.0 Å². The van der Waals surface area contributed by atoms with Gasteiger partial charge in [-0.3, -0.25) is 0 Å². The molecule has 4 heteroatoms. The third-order valence-electron chi connectivity index (χ3n) is 2.21. The summed E-state index contributed by atoms with van der Waals surface area (Å²) < 4.78 is 4.43. The van der Waals surface area contributed by atoms with Crippen LogP contribution in [0.3, 0.4) is 0 Å². The highest BCUT2D eigenvalue weighted by atomic mass is 16.5. The van der Waals surface area contributed by atoms with Crippen molar-refractivity contribution in [2.45, 2.75) is 13.8 Å². The first-order valence-corrected chi connectivity index (χ1v) is 5.92. The van der Waals surface area contributed by atoms with Gasteiger partial charge >= 0.3 is 5.97 Å². The molecule has 0 N–H and O–H groups in total. The van der Waals surface area contributed by atoms with Crippen molar-refractivity contribution in [2.75, 3.05) is 25.6 Å². The lowest BCUT2D eigenvalue weighted by molar-refractivity contribution is -0.137. The Balaban J connectivity index is 0.000000344. The molecule has 0 saturated carbocycles. The van der Waals surface area contributed by atoms with E-state index in [1.807, 2.05) is 14.1 Å². The molecule has 1 rings (SSSR count). The molecule has 1 aromatic carbocycles. The average Bonchev–Trinajstić information content (AvgIpc) is 2.39. The second-order valence-corrected chi connectivity index (χ2v) is 4.04. The van der Waals surface area contributed by atoms with E-state index in [0.29, 0.717) is 0 Å². The van der Waals surface area contributed by atoms with Gasteiger partial charge in [-0.15, -0.1) is 0 Å². The van der Waals surface area contributed by atoms with Gasteiger partial charge in [-0.1, -0.05) is 24.3 Å². The third-order valence-corrected chi connectivity index (χ3v) is 2.21. The van der Waals surface area contributed by atoms with Gasteiger partial charge in [-0.25, -0.2) is 4.79 Å². The fourth-order valence-electron chi connectivity index (χ4n) is 1.11. The number of nitriles is 1. The predicted octanol–water partition coefficient (Wildman–Crippen LogP) is 2.69. The molecule has 0 heterocycles. The number of nitrogens with zero attached hydrogens (tertiary/aromatic N) is 2. The van der Waals surface area contributed by atoms with E-state index in [1.165, 1.54) is 11.3 Å². The average molecular weight is 260 g/mol. The molecule has 0 unspecified atom stereocenters. The first kappa shape index (κ1) is 16.7. The molecular weight excluding hydrogens is 240 g/mol. The lowest BCUT2D eigenvalue weighted by atomic mass is 10.2. The van der Waals surface area contributed by atoms with E-state index in [1.54, 1.807) is 13.0 Å². The van der Waals surface area contributed by atoms with E-state index in [4.69, 9.17) is 5.26 Å². The number of benzene rings is 1. The molecule has 19 heavy (non-hydrogen) atoms. The van der Waals surface area contributed by atoms with Crippen LogP contribution in [0.4, 0.5) is 5.69 Å². The molecule has 0 spiro atoms. The molecule has 0 aliphatic heterocycles. The Morgan fingerprint density at radius 3 is 2.26 bits per heavy atom. The monoisotopic (exact) mass is 260 g/mol. The van der Waals surface area contributed by atoms with Gasteiger partial charge in [0.15, 0.2) is 0 Å². The van der Waals surface area contributed by atoms with Crippen molar-refractivity contribution in [1.82, 2.24) is 0 Å². The quantitative estimate of drug-likeness (QED) is 0.476. The van der Waals surface area contributed by atoms with Gasteiger partial charge < -0.3 is 9.64 Å². The molecular formula is C15H20N2O2. The van der Waals surface area contributed by atoms with Crippen molar-refractivity contribution in [3.8, 4) is 6.07 Å². The van der Waals surface area contributed by atoms with Gasteiger partial charge in [0.25, 0.3) is 0 Å². The SMILES string of the molecule is C=C(C#N)C(=O)OCC.Cc1ccc(N(C)C)cc1. The van der Waals surface area contributed by atoms with E-state index < -0.39 is 5.97 Å². The summed E-state index contributed by atoms with van der Waals surface area (Å²) in [6.07, 6.45) is 0. The lowest BCUT2D eigenvalue weighted by Crippen LogP contribution is -2.07. The van der Waals surface area contributed by atoms with E-state index in [2.05, 4.69) is 47.4 Å². The summed E-state index contributed by atoms with van der Waals surface area (Å²) in [5.74, 6) is -0.639. The standard InChI is InChI=1S/C9H13N.C6H7NO2/c1-8-4-6-9(7-5-8)10(2)3;1-3-9-6(8)5(2)4-7/h4-7H,1-3H3;2-3H2,1H3. The molecule has 1 aromatic rings. The molecule has 0 fully saturated rings. The van der Waals surface area contributed by atoms with Crippen molar-refractivity contribution in [3.05, 3.63) is 42.0 Å². The number of ether oxygens (including phenoxy) is 1. The number of rotatable bonds is 3. The summed E-state index contributed by atoms with van der Waals surface area (Å²) in [5.41, 5.74) is 2.41. The Hall–Kier alpha value is -2.28. The topological polar surface area (TPSA) is 53.3 Å². The predicted molar refractivity (Wildman–Crippen MR) is 76.9 cm³/mol. The summed E-state index contributed by atoms with van der Waals surface area (Å²) in [6.45, 7) is 7.20. The maximum absolute atomic E-state index is 10.4.